The number of likely N-dealkylation sites (tertiary alicyclic amines) is 1. The molecule has 1 aromatic rings. The van der Waals surface area contributed by atoms with Crippen LogP contribution in [-0.2, 0) is 6.54 Å². The maximum absolute atomic E-state index is 4.41. The molecule has 2 rings (SSSR count). The average molecular weight is 247 g/mol. The molecule has 1 atom stereocenters. The predicted molar refractivity (Wildman–Crippen MR) is 75.5 cm³/mol. The number of aromatic nitrogens is 1. The van der Waals surface area contributed by atoms with Crippen molar-refractivity contribution >= 4 is 0 Å². The Balaban J connectivity index is 1.67. The second kappa shape index (κ2) is 6.86. The molecule has 0 aromatic carbocycles. The van der Waals surface area contributed by atoms with Gasteiger partial charge in [0.15, 0.2) is 0 Å². The Kier molecular flexibility index (Phi) is 5.14. The molecule has 0 aliphatic carbocycles. The van der Waals surface area contributed by atoms with E-state index in [2.05, 4.69) is 35.1 Å². The molecule has 0 radical (unpaired) electrons. The lowest BCUT2D eigenvalue weighted by Crippen LogP contribution is -2.31. The van der Waals surface area contributed by atoms with Crippen LogP contribution in [0.2, 0.25) is 0 Å². The Bertz CT molecular complexity index is 359. The van der Waals surface area contributed by atoms with Crippen LogP contribution >= 0.6 is 0 Å². The minimum atomic E-state index is 0.715. The molecule has 0 spiro atoms. The molecular weight excluding hydrogens is 222 g/mol. The van der Waals surface area contributed by atoms with Crippen molar-refractivity contribution in [3.8, 4) is 0 Å². The first-order valence-corrected chi connectivity index (χ1v) is 7.09. The van der Waals surface area contributed by atoms with E-state index in [0.29, 0.717) is 5.92 Å². The lowest BCUT2D eigenvalue weighted by molar-refractivity contribution is 0.282. The van der Waals surface area contributed by atoms with Crippen LogP contribution < -0.4 is 5.32 Å². The first-order chi connectivity index (χ1) is 8.75. The fourth-order valence-corrected chi connectivity index (χ4v) is 2.61. The molecule has 1 aliphatic heterocycles. The minimum Gasteiger partial charge on any atom is -0.311 e. The van der Waals surface area contributed by atoms with Gasteiger partial charge in [0.25, 0.3) is 0 Å². The molecule has 0 saturated carbocycles. The van der Waals surface area contributed by atoms with Gasteiger partial charge >= 0.3 is 0 Å². The van der Waals surface area contributed by atoms with Crippen LogP contribution in [0.25, 0.3) is 0 Å². The van der Waals surface area contributed by atoms with Gasteiger partial charge in [-0.25, -0.2) is 0 Å². The van der Waals surface area contributed by atoms with Gasteiger partial charge in [-0.3, -0.25) is 4.98 Å². The fourth-order valence-electron chi connectivity index (χ4n) is 2.61. The van der Waals surface area contributed by atoms with Crippen LogP contribution in [0.1, 0.15) is 31.0 Å². The highest BCUT2D eigenvalue weighted by atomic mass is 15.1. The highest BCUT2D eigenvalue weighted by molar-refractivity contribution is 5.17. The second-order valence-corrected chi connectivity index (χ2v) is 5.51. The summed E-state index contributed by atoms with van der Waals surface area (Å²) >= 11 is 0. The van der Waals surface area contributed by atoms with Crippen molar-refractivity contribution in [3.63, 3.8) is 0 Å². The van der Waals surface area contributed by atoms with Crippen molar-refractivity contribution in [1.82, 2.24) is 15.2 Å². The number of nitrogens with zero attached hydrogens (tertiary/aromatic N) is 2. The zero-order valence-electron chi connectivity index (χ0n) is 11.7. The summed E-state index contributed by atoms with van der Waals surface area (Å²) < 4.78 is 0. The largest absolute Gasteiger partial charge is 0.311 e. The van der Waals surface area contributed by atoms with E-state index in [1.807, 2.05) is 12.3 Å². The minimum absolute atomic E-state index is 0.715. The van der Waals surface area contributed by atoms with Crippen molar-refractivity contribution in [2.75, 3.05) is 26.2 Å². The standard InChI is InChI=1S/C15H25N3/c1-13(12-18-8-3-4-9-18)10-16-11-15-14(2)6-5-7-17-15/h5-7,13,16H,3-4,8-12H2,1-2H3. The van der Waals surface area contributed by atoms with Crippen molar-refractivity contribution in [2.24, 2.45) is 5.92 Å². The molecule has 1 saturated heterocycles. The van der Waals surface area contributed by atoms with Crippen molar-refractivity contribution < 1.29 is 0 Å². The molecule has 0 amide bonds. The average Bonchev–Trinajstić information content (AvgIpc) is 2.84. The first kappa shape index (κ1) is 13.5. The van der Waals surface area contributed by atoms with Gasteiger partial charge in [-0.2, -0.15) is 0 Å². The number of rotatable bonds is 6. The van der Waals surface area contributed by atoms with Crippen LogP contribution in [0.4, 0.5) is 0 Å². The van der Waals surface area contributed by atoms with Gasteiger partial charge in [0, 0.05) is 19.3 Å². The molecule has 0 bridgehead atoms. The number of pyridine rings is 1. The summed E-state index contributed by atoms with van der Waals surface area (Å²) in [6.45, 7) is 10.2. The maximum Gasteiger partial charge on any atom is 0.0570 e. The monoisotopic (exact) mass is 247 g/mol. The molecular formula is C15H25N3. The van der Waals surface area contributed by atoms with E-state index in [-0.39, 0.29) is 0 Å². The summed E-state index contributed by atoms with van der Waals surface area (Å²) in [4.78, 5) is 6.99. The summed E-state index contributed by atoms with van der Waals surface area (Å²) in [6.07, 6.45) is 4.64. The van der Waals surface area contributed by atoms with Crippen LogP contribution in [-0.4, -0.2) is 36.1 Å². The maximum atomic E-state index is 4.41. The van der Waals surface area contributed by atoms with Gasteiger partial charge in [0.05, 0.1) is 5.69 Å². The van der Waals surface area contributed by atoms with E-state index in [4.69, 9.17) is 0 Å². The van der Waals surface area contributed by atoms with Crippen LogP contribution in [0.3, 0.4) is 0 Å². The Morgan fingerprint density at radius 3 is 2.89 bits per heavy atom. The lowest BCUT2D eigenvalue weighted by atomic mass is 10.1. The molecule has 3 nitrogen and oxygen atoms in total. The van der Waals surface area contributed by atoms with E-state index in [0.717, 1.165) is 13.1 Å². The number of nitrogens with one attached hydrogen (secondary N) is 1. The van der Waals surface area contributed by atoms with Gasteiger partial charge < -0.3 is 10.2 Å². The number of aryl methyl sites for hydroxylation is 1. The van der Waals surface area contributed by atoms with Crippen molar-refractivity contribution in [1.29, 1.82) is 0 Å². The Labute approximate surface area is 111 Å². The molecule has 1 aromatic heterocycles. The summed E-state index contributed by atoms with van der Waals surface area (Å²) in [5, 5.41) is 3.53. The molecule has 100 valence electrons. The lowest BCUT2D eigenvalue weighted by Gasteiger charge is -2.20. The summed E-state index contributed by atoms with van der Waals surface area (Å²) in [6, 6.07) is 4.12. The van der Waals surface area contributed by atoms with Gasteiger partial charge in [-0.1, -0.05) is 13.0 Å². The van der Waals surface area contributed by atoms with E-state index in [1.165, 1.54) is 43.7 Å². The SMILES string of the molecule is Cc1cccnc1CNCC(C)CN1CCCC1. The normalized spacial score (nSPS) is 18.1. The van der Waals surface area contributed by atoms with Crippen LogP contribution in [0.15, 0.2) is 18.3 Å². The topological polar surface area (TPSA) is 28.2 Å². The molecule has 2 heterocycles. The molecule has 1 N–H and O–H groups in total. The van der Waals surface area contributed by atoms with Gasteiger partial charge in [-0.15, -0.1) is 0 Å². The van der Waals surface area contributed by atoms with E-state index < -0.39 is 0 Å². The number of hydrogen-bond donors (Lipinski definition) is 1. The second-order valence-electron chi connectivity index (χ2n) is 5.51. The fraction of sp³-hybridized carbons (Fsp3) is 0.667. The van der Waals surface area contributed by atoms with E-state index in [9.17, 15) is 0 Å². The third-order valence-electron chi connectivity index (χ3n) is 3.67. The Hall–Kier alpha value is -0.930. The van der Waals surface area contributed by atoms with Gasteiger partial charge in [-0.05, 0) is 56.9 Å². The zero-order chi connectivity index (χ0) is 12.8. The highest BCUT2D eigenvalue weighted by Crippen LogP contribution is 2.10. The third kappa shape index (κ3) is 4.07. The Morgan fingerprint density at radius 1 is 1.39 bits per heavy atom. The number of hydrogen-bond acceptors (Lipinski definition) is 3. The smallest absolute Gasteiger partial charge is 0.0570 e. The Morgan fingerprint density at radius 2 is 2.17 bits per heavy atom. The molecule has 1 unspecified atom stereocenters. The van der Waals surface area contributed by atoms with Crippen molar-refractivity contribution in [3.05, 3.63) is 29.6 Å². The van der Waals surface area contributed by atoms with E-state index in [1.54, 1.807) is 0 Å². The van der Waals surface area contributed by atoms with Crippen molar-refractivity contribution in [2.45, 2.75) is 33.2 Å². The van der Waals surface area contributed by atoms with E-state index >= 15 is 0 Å². The summed E-state index contributed by atoms with van der Waals surface area (Å²) in [5.74, 6) is 0.715. The zero-order valence-corrected chi connectivity index (χ0v) is 11.7. The molecule has 1 fully saturated rings. The first-order valence-electron chi connectivity index (χ1n) is 7.09. The van der Waals surface area contributed by atoms with Gasteiger partial charge in [0.2, 0.25) is 0 Å². The van der Waals surface area contributed by atoms with Crippen LogP contribution in [0.5, 0.6) is 0 Å². The van der Waals surface area contributed by atoms with Gasteiger partial charge in [0.1, 0.15) is 0 Å². The quantitative estimate of drug-likeness (QED) is 0.835. The molecule has 3 heteroatoms. The summed E-state index contributed by atoms with van der Waals surface area (Å²) in [7, 11) is 0. The molecule has 1 aliphatic rings. The summed E-state index contributed by atoms with van der Waals surface area (Å²) in [5.41, 5.74) is 2.45. The molecule has 18 heavy (non-hydrogen) atoms. The van der Waals surface area contributed by atoms with Crippen LogP contribution in [0, 0.1) is 12.8 Å². The predicted octanol–water partition coefficient (Wildman–Crippen LogP) is 2.21. The third-order valence-corrected chi connectivity index (χ3v) is 3.67. The highest BCUT2D eigenvalue weighted by Gasteiger charge is 2.14.